The largest absolute Gasteiger partial charge is 0.381 e. The van der Waals surface area contributed by atoms with Gasteiger partial charge in [-0.05, 0) is 64.5 Å². The molecule has 3 nitrogen and oxygen atoms in total. The molecule has 0 amide bonds. The lowest BCUT2D eigenvalue weighted by molar-refractivity contribution is 0.0518. The van der Waals surface area contributed by atoms with Crippen LogP contribution in [-0.2, 0) is 4.74 Å². The van der Waals surface area contributed by atoms with E-state index in [1.165, 1.54) is 45.3 Å². The quantitative estimate of drug-likeness (QED) is 0.829. The highest BCUT2D eigenvalue weighted by Crippen LogP contribution is 2.23. The molecule has 0 aromatic rings. The molecule has 2 fully saturated rings. The molecule has 0 saturated carbocycles. The zero-order valence-electron chi connectivity index (χ0n) is 13.0. The molecule has 19 heavy (non-hydrogen) atoms. The zero-order chi connectivity index (χ0) is 13.7. The van der Waals surface area contributed by atoms with Crippen molar-refractivity contribution in [2.45, 2.75) is 58.5 Å². The first kappa shape index (κ1) is 15.3. The third kappa shape index (κ3) is 4.44. The smallest absolute Gasteiger partial charge is 0.0469 e. The van der Waals surface area contributed by atoms with Gasteiger partial charge in [0.15, 0.2) is 0 Å². The van der Waals surface area contributed by atoms with Crippen molar-refractivity contribution >= 4 is 0 Å². The van der Waals surface area contributed by atoms with Gasteiger partial charge in [-0.25, -0.2) is 0 Å². The van der Waals surface area contributed by atoms with Crippen LogP contribution in [0.4, 0.5) is 0 Å². The van der Waals surface area contributed by atoms with Crippen molar-refractivity contribution < 1.29 is 4.74 Å². The van der Waals surface area contributed by atoms with E-state index in [4.69, 9.17) is 4.74 Å². The van der Waals surface area contributed by atoms with Gasteiger partial charge < -0.3 is 15.0 Å². The molecule has 2 rings (SSSR count). The molecule has 0 radical (unpaired) electrons. The van der Waals surface area contributed by atoms with E-state index in [0.717, 1.165) is 25.0 Å². The molecular weight excluding hydrogens is 236 g/mol. The zero-order valence-corrected chi connectivity index (χ0v) is 13.0. The molecule has 0 aliphatic carbocycles. The van der Waals surface area contributed by atoms with Gasteiger partial charge in [-0.2, -0.15) is 0 Å². The molecule has 3 unspecified atom stereocenters. The van der Waals surface area contributed by atoms with Crippen LogP contribution < -0.4 is 5.32 Å². The van der Waals surface area contributed by atoms with E-state index >= 15 is 0 Å². The molecular formula is C16H32N2O. The molecule has 0 spiro atoms. The summed E-state index contributed by atoms with van der Waals surface area (Å²) in [5.41, 5.74) is 0. The van der Waals surface area contributed by atoms with Gasteiger partial charge in [0.1, 0.15) is 0 Å². The van der Waals surface area contributed by atoms with E-state index in [9.17, 15) is 0 Å². The highest BCUT2D eigenvalue weighted by molar-refractivity contribution is 4.84. The summed E-state index contributed by atoms with van der Waals surface area (Å²) in [6.45, 7) is 12.7. The number of rotatable bonds is 5. The summed E-state index contributed by atoms with van der Waals surface area (Å²) in [4.78, 5) is 2.60. The van der Waals surface area contributed by atoms with Gasteiger partial charge in [0, 0.05) is 31.8 Å². The summed E-state index contributed by atoms with van der Waals surface area (Å²) in [5, 5.41) is 3.88. The molecule has 1 N–H and O–H groups in total. The van der Waals surface area contributed by atoms with E-state index in [0.29, 0.717) is 12.1 Å². The van der Waals surface area contributed by atoms with Crippen LogP contribution in [0.5, 0.6) is 0 Å². The first-order chi connectivity index (χ1) is 9.20. The average Bonchev–Trinajstić information content (AvgIpc) is 2.48. The Balaban J connectivity index is 1.77. The molecule has 3 atom stereocenters. The third-order valence-electron chi connectivity index (χ3n) is 5.20. The molecule has 2 heterocycles. The number of hydrogen-bond donors (Lipinski definition) is 1. The predicted molar refractivity (Wildman–Crippen MR) is 80.4 cm³/mol. The molecule has 2 saturated heterocycles. The molecule has 0 aromatic heterocycles. The van der Waals surface area contributed by atoms with Gasteiger partial charge in [-0.3, -0.25) is 0 Å². The Morgan fingerprint density at radius 2 is 1.79 bits per heavy atom. The number of piperidine rings is 1. The van der Waals surface area contributed by atoms with Crippen LogP contribution in [0.2, 0.25) is 0 Å². The number of nitrogens with zero attached hydrogens (tertiary/aromatic N) is 1. The highest BCUT2D eigenvalue weighted by atomic mass is 16.5. The van der Waals surface area contributed by atoms with Gasteiger partial charge in [-0.1, -0.05) is 6.92 Å². The fourth-order valence-corrected chi connectivity index (χ4v) is 3.69. The maximum Gasteiger partial charge on any atom is 0.0469 e. The van der Waals surface area contributed by atoms with Crippen LogP contribution >= 0.6 is 0 Å². The number of likely N-dealkylation sites (tertiary alicyclic amines) is 1. The summed E-state index contributed by atoms with van der Waals surface area (Å²) in [5.74, 6) is 1.64. The standard InChI is InChI=1S/C16H32N2O/c1-4-18-9-5-6-16(12-18)14(3)17-13(2)15-7-10-19-11-8-15/h13-17H,4-12H2,1-3H3. The molecule has 0 bridgehead atoms. The summed E-state index contributed by atoms with van der Waals surface area (Å²) < 4.78 is 5.47. The van der Waals surface area contributed by atoms with Gasteiger partial charge in [0.05, 0.1) is 0 Å². The van der Waals surface area contributed by atoms with E-state index < -0.39 is 0 Å². The lowest BCUT2D eigenvalue weighted by Gasteiger charge is -2.38. The first-order valence-electron chi connectivity index (χ1n) is 8.26. The summed E-state index contributed by atoms with van der Waals surface area (Å²) in [6, 6.07) is 1.28. The van der Waals surface area contributed by atoms with E-state index in [1.54, 1.807) is 0 Å². The van der Waals surface area contributed by atoms with Crippen molar-refractivity contribution in [3.63, 3.8) is 0 Å². The minimum absolute atomic E-state index is 0.635. The Hall–Kier alpha value is -0.120. The second-order valence-corrected chi connectivity index (χ2v) is 6.49. The van der Waals surface area contributed by atoms with Crippen molar-refractivity contribution in [2.24, 2.45) is 11.8 Å². The monoisotopic (exact) mass is 268 g/mol. The summed E-state index contributed by atoms with van der Waals surface area (Å²) in [6.07, 6.45) is 5.22. The van der Waals surface area contributed by atoms with Crippen molar-refractivity contribution in [1.82, 2.24) is 10.2 Å². The molecule has 112 valence electrons. The summed E-state index contributed by atoms with van der Waals surface area (Å²) in [7, 11) is 0. The van der Waals surface area contributed by atoms with Crippen LogP contribution in [0.15, 0.2) is 0 Å². The van der Waals surface area contributed by atoms with E-state index in [2.05, 4.69) is 31.0 Å². The fourth-order valence-electron chi connectivity index (χ4n) is 3.69. The van der Waals surface area contributed by atoms with E-state index in [-0.39, 0.29) is 0 Å². The van der Waals surface area contributed by atoms with Crippen molar-refractivity contribution in [3.8, 4) is 0 Å². The Bertz CT molecular complexity index is 253. The van der Waals surface area contributed by atoms with Crippen LogP contribution in [0.1, 0.15) is 46.5 Å². The van der Waals surface area contributed by atoms with Gasteiger partial charge >= 0.3 is 0 Å². The topological polar surface area (TPSA) is 24.5 Å². The van der Waals surface area contributed by atoms with Crippen molar-refractivity contribution in [1.29, 1.82) is 0 Å². The number of hydrogen-bond acceptors (Lipinski definition) is 3. The van der Waals surface area contributed by atoms with Crippen LogP contribution in [0.3, 0.4) is 0 Å². The second-order valence-electron chi connectivity index (χ2n) is 6.49. The van der Waals surface area contributed by atoms with Crippen LogP contribution in [0.25, 0.3) is 0 Å². The lowest BCUT2D eigenvalue weighted by Crippen LogP contribution is -2.49. The lowest BCUT2D eigenvalue weighted by atomic mass is 9.88. The number of nitrogens with one attached hydrogen (secondary N) is 1. The first-order valence-corrected chi connectivity index (χ1v) is 8.26. The maximum atomic E-state index is 5.47. The second kappa shape index (κ2) is 7.61. The van der Waals surface area contributed by atoms with Gasteiger partial charge in [0.2, 0.25) is 0 Å². The third-order valence-corrected chi connectivity index (χ3v) is 5.20. The molecule has 0 aromatic carbocycles. The maximum absolute atomic E-state index is 5.47. The predicted octanol–water partition coefficient (Wildman–Crippen LogP) is 2.51. The van der Waals surface area contributed by atoms with Crippen molar-refractivity contribution in [2.75, 3.05) is 32.8 Å². The Morgan fingerprint density at radius 1 is 1.11 bits per heavy atom. The molecule has 2 aliphatic rings. The number of ether oxygens (including phenoxy) is 1. The van der Waals surface area contributed by atoms with E-state index in [1.807, 2.05) is 0 Å². The molecule has 2 aliphatic heterocycles. The van der Waals surface area contributed by atoms with Crippen molar-refractivity contribution in [3.05, 3.63) is 0 Å². The minimum atomic E-state index is 0.635. The normalized spacial score (nSPS) is 30.2. The Labute approximate surface area is 119 Å². The highest BCUT2D eigenvalue weighted by Gasteiger charge is 2.27. The van der Waals surface area contributed by atoms with Gasteiger partial charge in [-0.15, -0.1) is 0 Å². The Morgan fingerprint density at radius 3 is 2.47 bits per heavy atom. The molecule has 3 heteroatoms. The van der Waals surface area contributed by atoms with Crippen LogP contribution in [0, 0.1) is 11.8 Å². The minimum Gasteiger partial charge on any atom is -0.381 e. The van der Waals surface area contributed by atoms with Crippen LogP contribution in [-0.4, -0.2) is 49.8 Å². The SMILES string of the molecule is CCN1CCCC(C(C)NC(C)C2CCOCC2)C1. The fraction of sp³-hybridized carbons (Fsp3) is 1.00. The summed E-state index contributed by atoms with van der Waals surface area (Å²) >= 11 is 0. The Kier molecular flexibility index (Phi) is 6.11. The van der Waals surface area contributed by atoms with Gasteiger partial charge in [0.25, 0.3) is 0 Å². The average molecular weight is 268 g/mol.